The number of carbonyl (C=O) groups is 1. The van der Waals surface area contributed by atoms with Crippen LogP contribution in [0.1, 0.15) is 69.4 Å². The quantitative estimate of drug-likeness (QED) is 0.350. The Morgan fingerprint density at radius 3 is 2.49 bits per heavy atom. The molecule has 1 aliphatic rings. The van der Waals surface area contributed by atoms with Gasteiger partial charge >= 0.3 is 12.3 Å². The van der Waals surface area contributed by atoms with Gasteiger partial charge in [0.05, 0.1) is 18.1 Å². The molecule has 37 heavy (non-hydrogen) atoms. The van der Waals surface area contributed by atoms with Crippen molar-refractivity contribution in [1.82, 2.24) is 9.55 Å². The maximum Gasteiger partial charge on any atom is 0.573 e. The smallest absolute Gasteiger partial charge is 0.496 e. The van der Waals surface area contributed by atoms with E-state index < -0.39 is 12.3 Å². The zero-order valence-corrected chi connectivity index (χ0v) is 21.6. The predicted molar refractivity (Wildman–Crippen MR) is 134 cm³/mol. The molecule has 0 amide bonds. The van der Waals surface area contributed by atoms with Gasteiger partial charge in [0.15, 0.2) is 0 Å². The zero-order chi connectivity index (χ0) is 27.0. The molecule has 1 heterocycles. The molecule has 9 heteroatoms. The molecular weight excluding hydrogens is 485 g/mol. The molecular formula is C28H33F3N2O4. The van der Waals surface area contributed by atoms with Crippen molar-refractivity contribution in [2.75, 3.05) is 7.11 Å². The Morgan fingerprint density at radius 2 is 1.89 bits per heavy atom. The van der Waals surface area contributed by atoms with Crippen LogP contribution in [0.4, 0.5) is 13.2 Å². The van der Waals surface area contributed by atoms with Crippen molar-refractivity contribution in [2.24, 2.45) is 11.3 Å². The number of halogens is 3. The maximum atomic E-state index is 12.6. The van der Waals surface area contributed by atoms with Gasteiger partial charge in [-0.05, 0) is 66.3 Å². The summed E-state index contributed by atoms with van der Waals surface area (Å²) < 4.78 is 49.6. The molecule has 3 aromatic rings. The van der Waals surface area contributed by atoms with Crippen molar-refractivity contribution < 1.29 is 32.5 Å². The highest BCUT2D eigenvalue weighted by Gasteiger charge is 2.35. The molecule has 0 aliphatic heterocycles. The number of alkyl halides is 3. The SMILES string of the molecule is COc1cc2c(cc1CCC(=O)O)nc(Cc1ccc(OC(F)(F)F)cc1)n2C1CC(C)CC(C)(C)C1. The largest absolute Gasteiger partial charge is 0.573 e. The van der Waals surface area contributed by atoms with Gasteiger partial charge in [0.1, 0.15) is 17.3 Å². The van der Waals surface area contributed by atoms with E-state index in [-0.39, 0.29) is 23.6 Å². The molecule has 1 fully saturated rings. The van der Waals surface area contributed by atoms with Gasteiger partial charge < -0.3 is 19.1 Å². The number of ether oxygens (including phenoxy) is 2. The summed E-state index contributed by atoms with van der Waals surface area (Å²) in [6, 6.07) is 9.91. The van der Waals surface area contributed by atoms with E-state index in [2.05, 4.69) is 30.1 Å². The Labute approximate surface area is 214 Å². The van der Waals surface area contributed by atoms with E-state index in [0.29, 0.717) is 24.5 Å². The van der Waals surface area contributed by atoms with Crippen molar-refractivity contribution in [1.29, 1.82) is 0 Å². The number of rotatable bonds is 8. The van der Waals surface area contributed by atoms with Crippen LogP contribution in [0.25, 0.3) is 11.0 Å². The van der Waals surface area contributed by atoms with E-state index in [4.69, 9.17) is 14.8 Å². The lowest BCUT2D eigenvalue weighted by Crippen LogP contribution is -2.30. The summed E-state index contributed by atoms with van der Waals surface area (Å²) in [6.45, 7) is 6.81. The number of aromatic nitrogens is 2. The third-order valence-electron chi connectivity index (χ3n) is 7.02. The number of imidazole rings is 1. The van der Waals surface area contributed by atoms with E-state index in [9.17, 15) is 18.0 Å². The summed E-state index contributed by atoms with van der Waals surface area (Å²) >= 11 is 0. The summed E-state index contributed by atoms with van der Waals surface area (Å²) in [7, 11) is 1.57. The number of benzene rings is 2. The highest BCUT2D eigenvalue weighted by atomic mass is 19.4. The van der Waals surface area contributed by atoms with Crippen LogP contribution in [0, 0.1) is 11.3 Å². The average molecular weight is 519 g/mol. The second-order valence-electron chi connectivity index (χ2n) is 10.9. The molecule has 0 spiro atoms. The van der Waals surface area contributed by atoms with Gasteiger partial charge in [0, 0.05) is 24.9 Å². The third-order valence-corrected chi connectivity index (χ3v) is 7.02. The number of hydrogen-bond acceptors (Lipinski definition) is 4. The number of carboxylic acids is 1. The summed E-state index contributed by atoms with van der Waals surface area (Å²) in [6.07, 6.45) is -0.910. The molecule has 0 saturated heterocycles. The topological polar surface area (TPSA) is 73.6 Å². The second kappa shape index (κ2) is 10.3. The van der Waals surface area contributed by atoms with Crippen LogP contribution in [0.15, 0.2) is 36.4 Å². The lowest BCUT2D eigenvalue weighted by molar-refractivity contribution is -0.274. The second-order valence-corrected chi connectivity index (χ2v) is 10.9. The maximum absolute atomic E-state index is 12.6. The van der Waals surface area contributed by atoms with Crippen LogP contribution < -0.4 is 9.47 Å². The van der Waals surface area contributed by atoms with E-state index in [1.807, 2.05) is 12.1 Å². The minimum absolute atomic E-state index is 0.0178. The lowest BCUT2D eigenvalue weighted by atomic mass is 9.70. The molecule has 6 nitrogen and oxygen atoms in total. The fraction of sp³-hybridized carbons (Fsp3) is 0.500. The van der Waals surface area contributed by atoms with E-state index in [1.165, 1.54) is 12.1 Å². The molecule has 200 valence electrons. The molecule has 0 bridgehead atoms. The fourth-order valence-electron chi connectivity index (χ4n) is 5.86. The number of hydrogen-bond donors (Lipinski definition) is 1. The number of aliphatic carboxylic acids is 1. The van der Waals surface area contributed by atoms with Crippen LogP contribution in [0.5, 0.6) is 11.5 Å². The van der Waals surface area contributed by atoms with Gasteiger partial charge in [-0.3, -0.25) is 4.79 Å². The normalized spacial score (nSPS) is 19.6. The third kappa shape index (κ3) is 6.56. The predicted octanol–water partition coefficient (Wildman–Crippen LogP) is 6.94. The Bertz CT molecular complexity index is 1270. The summed E-state index contributed by atoms with van der Waals surface area (Å²) in [5, 5.41) is 9.16. The van der Waals surface area contributed by atoms with Gasteiger partial charge in [-0.15, -0.1) is 13.2 Å². The van der Waals surface area contributed by atoms with Crippen LogP contribution in [-0.2, 0) is 17.6 Å². The standard InChI is InChI=1S/C28H33F3N2O4/c1-17-11-20(16-27(2,3)15-17)33-23-14-24(36-4)19(7-10-26(34)35)13-22(23)32-25(33)12-18-5-8-21(9-6-18)37-28(29,30)31/h5-6,8-9,13-14,17,20H,7,10-12,15-16H2,1-4H3,(H,34,35). The average Bonchev–Trinajstić information content (AvgIpc) is 3.12. The van der Waals surface area contributed by atoms with Crippen molar-refractivity contribution in [3.63, 3.8) is 0 Å². The number of aryl methyl sites for hydroxylation is 1. The molecule has 1 aliphatic carbocycles. The molecule has 2 aromatic carbocycles. The van der Waals surface area contributed by atoms with Gasteiger partial charge in [-0.2, -0.15) is 0 Å². The Morgan fingerprint density at radius 1 is 1.19 bits per heavy atom. The highest BCUT2D eigenvalue weighted by Crippen LogP contribution is 2.45. The Balaban J connectivity index is 1.77. The lowest BCUT2D eigenvalue weighted by Gasteiger charge is -2.40. The van der Waals surface area contributed by atoms with Gasteiger partial charge in [-0.1, -0.05) is 32.9 Å². The van der Waals surface area contributed by atoms with Gasteiger partial charge in [0.2, 0.25) is 0 Å². The first-order chi connectivity index (χ1) is 17.3. The number of carboxylic acid groups (broad SMARTS) is 1. The van der Waals surface area contributed by atoms with Crippen LogP contribution in [-0.4, -0.2) is 34.1 Å². The van der Waals surface area contributed by atoms with E-state index >= 15 is 0 Å². The number of fused-ring (bicyclic) bond motifs is 1. The van der Waals surface area contributed by atoms with Crippen molar-refractivity contribution in [3.05, 3.63) is 53.3 Å². The van der Waals surface area contributed by atoms with E-state index in [1.54, 1.807) is 19.2 Å². The molecule has 1 aromatic heterocycles. The molecule has 2 atom stereocenters. The number of nitrogens with zero attached hydrogens (tertiary/aromatic N) is 2. The van der Waals surface area contributed by atoms with E-state index in [0.717, 1.165) is 47.2 Å². The van der Waals surface area contributed by atoms with Crippen LogP contribution in [0.3, 0.4) is 0 Å². The Kier molecular flexibility index (Phi) is 7.44. The molecule has 2 unspecified atom stereocenters. The molecule has 0 radical (unpaired) electrons. The van der Waals surface area contributed by atoms with Gasteiger partial charge in [-0.25, -0.2) is 4.98 Å². The summed E-state index contributed by atoms with van der Waals surface area (Å²) in [5.41, 5.74) is 3.41. The molecule has 4 rings (SSSR count). The fourth-order valence-corrected chi connectivity index (χ4v) is 5.86. The first-order valence-corrected chi connectivity index (χ1v) is 12.5. The summed E-state index contributed by atoms with van der Waals surface area (Å²) in [4.78, 5) is 16.1. The summed E-state index contributed by atoms with van der Waals surface area (Å²) in [5.74, 6) is 0.810. The minimum Gasteiger partial charge on any atom is -0.496 e. The molecule has 1 N–H and O–H groups in total. The van der Waals surface area contributed by atoms with Crippen molar-refractivity contribution in [3.8, 4) is 11.5 Å². The first kappa shape index (κ1) is 26.8. The van der Waals surface area contributed by atoms with Gasteiger partial charge in [0.25, 0.3) is 0 Å². The molecule has 1 saturated carbocycles. The van der Waals surface area contributed by atoms with Crippen LogP contribution >= 0.6 is 0 Å². The number of methoxy groups -OCH3 is 1. The van der Waals surface area contributed by atoms with Crippen LogP contribution in [0.2, 0.25) is 0 Å². The highest BCUT2D eigenvalue weighted by molar-refractivity contribution is 5.80. The monoisotopic (exact) mass is 518 g/mol. The first-order valence-electron chi connectivity index (χ1n) is 12.5. The zero-order valence-electron chi connectivity index (χ0n) is 21.6. The minimum atomic E-state index is -4.74. The Hall–Kier alpha value is -3.23. The van der Waals surface area contributed by atoms with Crippen molar-refractivity contribution >= 4 is 17.0 Å². The van der Waals surface area contributed by atoms with Crippen molar-refractivity contribution in [2.45, 2.75) is 71.7 Å².